The standard InChI is InChI=1S/C16H15N7O6/c1-28-22-13(16-19-6-5-10(18)21-16)15(27)14(26)12(23-29-7-11(24)25)8-3-2-4-9(17)20-8/h2-6H,7H2,1H3,(H2,17,20)(H,24,25)(H2,18,19,21). The van der Waals surface area contributed by atoms with Crippen LogP contribution in [0, 0.1) is 0 Å². The Kier molecular flexibility index (Phi) is 6.84. The van der Waals surface area contributed by atoms with E-state index in [2.05, 4.69) is 34.9 Å². The number of oxime groups is 2. The van der Waals surface area contributed by atoms with Gasteiger partial charge in [-0.3, -0.25) is 9.59 Å². The summed E-state index contributed by atoms with van der Waals surface area (Å²) in [4.78, 5) is 56.9. The summed E-state index contributed by atoms with van der Waals surface area (Å²) in [5.74, 6) is -4.03. The van der Waals surface area contributed by atoms with Gasteiger partial charge in [0.2, 0.25) is 6.61 Å². The summed E-state index contributed by atoms with van der Waals surface area (Å²) in [7, 11) is 1.15. The highest BCUT2D eigenvalue weighted by Crippen LogP contribution is 2.07. The summed E-state index contributed by atoms with van der Waals surface area (Å²) in [5.41, 5.74) is 9.87. The zero-order valence-corrected chi connectivity index (χ0v) is 15.0. The van der Waals surface area contributed by atoms with Crippen LogP contribution in [-0.2, 0) is 24.1 Å². The van der Waals surface area contributed by atoms with E-state index >= 15 is 0 Å². The van der Waals surface area contributed by atoms with Gasteiger partial charge in [-0.2, -0.15) is 0 Å². The van der Waals surface area contributed by atoms with Crippen LogP contribution in [0.15, 0.2) is 40.8 Å². The molecule has 0 aliphatic rings. The molecule has 13 heteroatoms. The minimum Gasteiger partial charge on any atom is -0.479 e. The molecule has 0 radical (unpaired) electrons. The predicted molar refractivity (Wildman–Crippen MR) is 98.8 cm³/mol. The fourth-order valence-electron chi connectivity index (χ4n) is 1.92. The molecule has 0 aliphatic heterocycles. The van der Waals surface area contributed by atoms with Crippen LogP contribution in [-0.4, -0.2) is 62.7 Å². The summed E-state index contributed by atoms with van der Waals surface area (Å²) in [6, 6.07) is 5.58. The first-order valence-electron chi connectivity index (χ1n) is 7.77. The molecule has 0 aromatic carbocycles. The number of carboxylic acids is 1. The third kappa shape index (κ3) is 5.53. The summed E-state index contributed by atoms with van der Waals surface area (Å²) in [6.45, 7) is -0.857. The van der Waals surface area contributed by atoms with E-state index in [0.717, 1.165) is 7.11 Å². The molecule has 0 spiro atoms. The minimum atomic E-state index is -1.35. The second kappa shape index (κ2) is 9.50. The van der Waals surface area contributed by atoms with Gasteiger partial charge >= 0.3 is 5.97 Å². The number of pyridine rings is 1. The fourth-order valence-corrected chi connectivity index (χ4v) is 1.92. The third-order valence-corrected chi connectivity index (χ3v) is 3.06. The Balaban J connectivity index is 2.46. The maximum absolute atomic E-state index is 12.8. The molecule has 0 saturated heterocycles. The van der Waals surface area contributed by atoms with E-state index in [1.165, 1.54) is 30.5 Å². The number of nitrogens with two attached hydrogens (primary N) is 2. The molecular formula is C16H15N7O6. The fraction of sp³-hybridized carbons (Fsp3) is 0.125. The van der Waals surface area contributed by atoms with E-state index in [-0.39, 0.29) is 23.2 Å². The first-order valence-corrected chi connectivity index (χ1v) is 7.77. The molecule has 29 heavy (non-hydrogen) atoms. The molecule has 2 aromatic rings. The number of anilines is 2. The molecule has 0 atom stereocenters. The number of nitrogens with zero attached hydrogens (tertiary/aromatic N) is 5. The van der Waals surface area contributed by atoms with Crippen molar-refractivity contribution < 1.29 is 29.2 Å². The number of nitrogen functional groups attached to an aromatic ring is 2. The molecule has 2 aromatic heterocycles. The van der Waals surface area contributed by atoms with Crippen molar-refractivity contribution in [3.8, 4) is 0 Å². The summed E-state index contributed by atoms with van der Waals surface area (Å²) >= 11 is 0. The molecule has 2 rings (SSSR count). The monoisotopic (exact) mass is 401 g/mol. The Bertz CT molecular complexity index is 1000. The summed E-state index contributed by atoms with van der Waals surface area (Å²) in [6.07, 6.45) is 1.25. The zero-order chi connectivity index (χ0) is 21.4. The van der Waals surface area contributed by atoms with Crippen LogP contribution in [0.1, 0.15) is 11.5 Å². The topological polar surface area (TPSA) is 205 Å². The average Bonchev–Trinajstić information content (AvgIpc) is 2.68. The second-order valence-corrected chi connectivity index (χ2v) is 5.14. The van der Waals surface area contributed by atoms with Crippen LogP contribution in [0.25, 0.3) is 0 Å². The van der Waals surface area contributed by atoms with E-state index < -0.39 is 35.6 Å². The van der Waals surface area contributed by atoms with Crippen molar-refractivity contribution in [2.75, 3.05) is 25.2 Å². The molecule has 2 heterocycles. The molecule has 0 fully saturated rings. The molecule has 13 nitrogen and oxygen atoms in total. The first-order chi connectivity index (χ1) is 13.8. The van der Waals surface area contributed by atoms with Crippen molar-refractivity contribution in [3.05, 3.63) is 42.0 Å². The van der Waals surface area contributed by atoms with Gasteiger partial charge in [-0.15, -0.1) is 0 Å². The highest BCUT2D eigenvalue weighted by molar-refractivity contribution is 6.82. The lowest BCUT2D eigenvalue weighted by molar-refractivity contribution is -0.142. The SMILES string of the molecule is CON=C(C(=O)C(=O)C(=NOCC(=O)O)c1cccc(N)n1)c1nccc(N)n1. The number of carbonyl (C=O) groups is 3. The van der Waals surface area contributed by atoms with Gasteiger partial charge in [-0.1, -0.05) is 16.4 Å². The van der Waals surface area contributed by atoms with E-state index in [1.54, 1.807) is 0 Å². The smallest absolute Gasteiger partial charge is 0.344 e. The van der Waals surface area contributed by atoms with Gasteiger partial charge in [0, 0.05) is 6.20 Å². The molecular weight excluding hydrogens is 386 g/mol. The summed E-state index contributed by atoms with van der Waals surface area (Å²) < 4.78 is 0. The first kappa shape index (κ1) is 20.9. The van der Waals surface area contributed by atoms with Gasteiger partial charge in [-0.25, -0.2) is 19.7 Å². The van der Waals surface area contributed by atoms with Crippen LogP contribution in [0.3, 0.4) is 0 Å². The average molecular weight is 401 g/mol. The number of aliphatic carboxylic acids is 1. The predicted octanol–water partition coefficient (Wildman–Crippen LogP) is -0.970. The largest absolute Gasteiger partial charge is 0.479 e. The van der Waals surface area contributed by atoms with E-state index in [0.29, 0.717) is 0 Å². The number of carbonyl (C=O) groups excluding carboxylic acids is 2. The van der Waals surface area contributed by atoms with Gasteiger partial charge in [0.15, 0.2) is 17.2 Å². The van der Waals surface area contributed by atoms with Gasteiger partial charge < -0.3 is 26.2 Å². The summed E-state index contributed by atoms with van der Waals surface area (Å²) in [5, 5.41) is 15.6. The van der Waals surface area contributed by atoms with E-state index in [9.17, 15) is 14.4 Å². The number of ketones is 2. The molecule has 0 bridgehead atoms. The molecule has 0 unspecified atom stereocenters. The van der Waals surface area contributed by atoms with Crippen molar-refractivity contribution in [3.63, 3.8) is 0 Å². The van der Waals surface area contributed by atoms with Crippen molar-refractivity contribution in [2.24, 2.45) is 10.3 Å². The van der Waals surface area contributed by atoms with Crippen LogP contribution in [0.4, 0.5) is 11.6 Å². The normalized spacial score (nSPS) is 11.6. The number of rotatable bonds is 9. The van der Waals surface area contributed by atoms with Crippen LogP contribution < -0.4 is 11.5 Å². The lowest BCUT2D eigenvalue weighted by atomic mass is 10.0. The third-order valence-electron chi connectivity index (χ3n) is 3.06. The Morgan fingerprint density at radius 2 is 1.72 bits per heavy atom. The van der Waals surface area contributed by atoms with Crippen molar-refractivity contribution in [1.82, 2.24) is 15.0 Å². The number of carboxylic acid groups (broad SMARTS) is 1. The van der Waals surface area contributed by atoms with Gasteiger partial charge in [0.1, 0.15) is 18.7 Å². The second-order valence-electron chi connectivity index (χ2n) is 5.14. The lowest BCUT2D eigenvalue weighted by Gasteiger charge is -2.07. The number of hydrogen-bond acceptors (Lipinski definition) is 12. The maximum atomic E-state index is 12.8. The van der Waals surface area contributed by atoms with Crippen LogP contribution >= 0.6 is 0 Å². The number of hydrogen-bond donors (Lipinski definition) is 3. The quantitative estimate of drug-likeness (QED) is 0.265. The lowest BCUT2D eigenvalue weighted by Crippen LogP contribution is -2.33. The van der Waals surface area contributed by atoms with Crippen molar-refractivity contribution >= 4 is 40.6 Å². The van der Waals surface area contributed by atoms with Crippen molar-refractivity contribution in [2.45, 2.75) is 0 Å². The van der Waals surface area contributed by atoms with Crippen molar-refractivity contribution in [1.29, 1.82) is 0 Å². The van der Waals surface area contributed by atoms with Crippen LogP contribution in [0.2, 0.25) is 0 Å². The highest BCUT2D eigenvalue weighted by Gasteiger charge is 2.31. The zero-order valence-electron chi connectivity index (χ0n) is 15.0. The van der Waals surface area contributed by atoms with Crippen LogP contribution in [0.5, 0.6) is 0 Å². The number of Topliss-reactive ketones (excluding diaryl/α,β-unsaturated/α-hetero) is 2. The molecule has 0 amide bonds. The van der Waals surface area contributed by atoms with E-state index in [1.807, 2.05) is 0 Å². The Labute approximate surface area is 163 Å². The Hall–Kier alpha value is -4.42. The minimum absolute atomic E-state index is 0.0234. The molecule has 5 N–H and O–H groups in total. The Morgan fingerprint density at radius 1 is 1.03 bits per heavy atom. The van der Waals surface area contributed by atoms with E-state index in [4.69, 9.17) is 16.6 Å². The van der Waals surface area contributed by atoms with Gasteiger partial charge in [0.25, 0.3) is 11.6 Å². The highest BCUT2D eigenvalue weighted by atomic mass is 16.6. The molecule has 0 saturated carbocycles. The molecule has 0 aliphatic carbocycles. The number of aromatic nitrogens is 3. The maximum Gasteiger partial charge on any atom is 0.344 e. The Morgan fingerprint density at radius 3 is 2.34 bits per heavy atom. The van der Waals surface area contributed by atoms with Gasteiger partial charge in [0.05, 0.1) is 5.69 Å². The van der Waals surface area contributed by atoms with Gasteiger partial charge in [-0.05, 0) is 18.2 Å². The molecule has 150 valence electrons.